The number of nitrogens with zero attached hydrogens (tertiary/aromatic N) is 1. The first-order valence-corrected chi connectivity index (χ1v) is 10.3. The first-order valence-electron chi connectivity index (χ1n) is 9.89. The second kappa shape index (κ2) is 10.1. The number of hydrogen-bond donors (Lipinski definition) is 1. The molecule has 3 aromatic rings. The number of likely N-dealkylation sites (N-methyl/N-ethyl adjacent to an activating group) is 1. The monoisotopic (exact) mass is 424 g/mol. The van der Waals surface area contributed by atoms with E-state index in [9.17, 15) is 9.59 Å². The Labute approximate surface area is 181 Å². The van der Waals surface area contributed by atoms with Gasteiger partial charge in [-0.3, -0.25) is 9.59 Å². The van der Waals surface area contributed by atoms with E-state index in [2.05, 4.69) is 5.32 Å². The second-order valence-corrected chi connectivity index (χ2v) is 7.39. The maximum atomic E-state index is 13.1. The molecule has 1 N–H and O–H groups in total. The minimum atomic E-state index is -0.589. The molecule has 0 aliphatic heterocycles. The number of rotatable bonds is 8. The Bertz CT molecular complexity index is 1020. The van der Waals surface area contributed by atoms with Crippen molar-refractivity contribution in [2.75, 3.05) is 13.7 Å². The van der Waals surface area contributed by atoms with E-state index in [-0.39, 0.29) is 18.4 Å². The average Bonchev–Trinajstić information content (AvgIpc) is 2.78. The van der Waals surface area contributed by atoms with Crippen molar-refractivity contribution in [1.29, 1.82) is 0 Å². The Morgan fingerprint density at radius 1 is 1.03 bits per heavy atom. The molecule has 3 rings (SSSR count). The zero-order valence-electron chi connectivity index (χ0n) is 17.1. The Morgan fingerprint density at radius 2 is 1.73 bits per heavy atom. The van der Waals surface area contributed by atoms with Crippen LogP contribution in [0.25, 0.3) is 10.8 Å². The molecule has 30 heavy (non-hydrogen) atoms. The molecule has 2 amide bonds. The summed E-state index contributed by atoms with van der Waals surface area (Å²) in [4.78, 5) is 27.1. The summed E-state index contributed by atoms with van der Waals surface area (Å²) in [5, 5.41) is 5.25. The number of halogens is 1. The summed E-state index contributed by atoms with van der Waals surface area (Å²) in [6, 6.07) is 20.2. The average molecular weight is 425 g/mol. The van der Waals surface area contributed by atoms with Crippen molar-refractivity contribution in [1.82, 2.24) is 10.2 Å². The molecule has 0 saturated heterocycles. The molecule has 0 radical (unpaired) electrons. The van der Waals surface area contributed by atoms with Crippen LogP contribution in [-0.4, -0.2) is 36.4 Å². The SMILES string of the molecule is CCC(C(=O)NC)N(Cc1ccc(Cl)cc1)C(=O)COc1cccc2ccccc12. The van der Waals surface area contributed by atoms with Crippen LogP contribution < -0.4 is 10.1 Å². The lowest BCUT2D eigenvalue weighted by atomic mass is 10.1. The highest BCUT2D eigenvalue weighted by molar-refractivity contribution is 6.30. The van der Waals surface area contributed by atoms with Gasteiger partial charge in [0.05, 0.1) is 0 Å². The molecular formula is C24H25ClN2O3. The largest absolute Gasteiger partial charge is 0.483 e. The predicted octanol–water partition coefficient (Wildman–Crippen LogP) is 4.43. The third kappa shape index (κ3) is 5.10. The van der Waals surface area contributed by atoms with Crippen LogP contribution in [-0.2, 0) is 16.1 Å². The second-order valence-electron chi connectivity index (χ2n) is 6.95. The summed E-state index contributed by atoms with van der Waals surface area (Å²) in [5.74, 6) is 0.180. The minimum Gasteiger partial charge on any atom is -0.483 e. The van der Waals surface area contributed by atoms with Gasteiger partial charge in [-0.15, -0.1) is 0 Å². The van der Waals surface area contributed by atoms with Crippen molar-refractivity contribution in [3.63, 3.8) is 0 Å². The highest BCUT2D eigenvalue weighted by Gasteiger charge is 2.28. The fourth-order valence-electron chi connectivity index (χ4n) is 3.42. The summed E-state index contributed by atoms with van der Waals surface area (Å²) < 4.78 is 5.88. The predicted molar refractivity (Wildman–Crippen MR) is 120 cm³/mol. The summed E-state index contributed by atoms with van der Waals surface area (Å²) >= 11 is 5.97. The number of amides is 2. The van der Waals surface area contributed by atoms with Gasteiger partial charge in [-0.05, 0) is 35.6 Å². The number of benzene rings is 3. The summed E-state index contributed by atoms with van der Waals surface area (Å²) in [7, 11) is 1.57. The molecule has 0 bridgehead atoms. The van der Waals surface area contributed by atoms with E-state index in [1.165, 1.54) is 0 Å². The van der Waals surface area contributed by atoms with Gasteiger partial charge in [0.25, 0.3) is 5.91 Å². The molecule has 0 saturated carbocycles. The van der Waals surface area contributed by atoms with Gasteiger partial charge in [0, 0.05) is 24.0 Å². The van der Waals surface area contributed by atoms with E-state index in [1.54, 1.807) is 24.1 Å². The molecule has 3 aromatic carbocycles. The zero-order valence-corrected chi connectivity index (χ0v) is 17.9. The third-order valence-electron chi connectivity index (χ3n) is 5.00. The van der Waals surface area contributed by atoms with Crippen LogP contribution in [0.1, 0.15) is 18.9 Å². The molecule has 0 spiro atoms. The standard InChI is InChI=1S/C24H25ClN2O3/c1-3-21(24(29)26-2)27(15-17-11-13-19(25)14-12-17)23(28)16-30-22-10-6-8-18-7-4-5-9-20(18)22/h4-14,21H,3,15-16H2,1-2H3,(H,26,29). The van der Waals surface area contributed by atoms with Gasteiger partial charge in [-0.1, -0.05) is 67.1 Å². The van der Waals surface area contributed by atoms with Crippen LogP contribution in [0, 0.1) is 0 Å². The van der Waals surface area contributed by atoms with Crippen molar-refractivity contribution < 1.29 is 14.3 Å². The van der Waals surface area contributed by atoms with Gasteiger partial charge in [-0.2, -0.15) is 0 Å². The van der Waals surface area contributed by atoms with Crippen molar-refractivity contribution in [2.45, 2.75) is 25.9 Å². The van der Waals surface area contributed by atoms with Crippen LogP contribution >= 0.6 is 11.6 Å². The van der Waals surface area contributed by atoms with Gasteiger partial charge in [0.15, 0.2) is 6.61 Å². The number of fused-ring (bicyclic) bond motifs is 1. The van der Waals surface area contributed by atoms with Gasteiger partial charge < -0.3 is 15.0 Å². The number of ether oxygens (including phenoxy) is 1. The lowest BCUT2D eigenvalue weighted by molar-refractivity contribution is -0.142. The van der Waals surface area contributed by atoms with Crippen molar-refractivity contribution in [3.05, 3.63) is 77.3 Å². The van der Waals surface area contributed by atoms with Gasteiger partial charge in [0.2, 0.25) is 5.91 Å². The molecule has 5 nitrogen and oxygen atoms in total. The van der Waals surface area contributed by atoms with E-state index in [1.807, 2.05) is 61.5 Å². The maximum absolute atomic E-state index is 13.1. The topological polar surface area (TPSA) is 58.6 Å². The van der Waals surface area contributed by atoms with Crippen LogP contribution in [0.2, 0.25) is 5.02 Å². The minimum absolute atomic E-state index is 0.158. The van der Waals surface area contributed by atoms with Crippen molar-refractivity contribution in [2.24, 2.45) is 0 Å². The maximum Gasteiger partial charge on any atom is 0.261 e. The van der Waals surface area contributed by atoms with Crippen LogP contribution in [0.3, 0.4) is 0 Å². The smallest absolute Gasteiger partial charge is 0.261 e. The zero-order chi connectivity index (χ0) is 21.5. The molecule has 0 aliphatic rings. The van der Waals surface area contributed by atoms with E-state index >= 15 is 0 Å². The van der Waals surface area contributed by atoms with Gasteiger partial charge in [-0.25, -0.2) is 0 Å². The molecule has 0 fully saturated rings. The Morgan fingerprint density at radius 3 is 2.43 bits per heavy atom. The van der Waals surface area contributed by atoms with Crippen LogP contribution in [0.15, 0.2) is 66.7 Å². The lowest BCUT2D eigenvalue weighted by Crippen LogP contribution is -2.49. The molecule has 0 aromatic heterocycles. The molecule has 156 valence electrons. The number of nitrogens with one attached hydrogen (secondary N) is 1. The van der Waals surface area contributed by atoms with E-state index in [4.69, 9.17) is 16.3 Å². The first-order chi connectivity index (χ1) is 14.5. The molecule has 6 heteroatoms. The highest BCUT2D eigenvalue weighted by Crippen LogP contribution is 2.25. The normalized spacial score (nSPS) is 11.7. The molecule has 1 atom stereocenters. The molecule has 1 unspecified atom stereocenters. The fourth-order valence-corrected chi connectivity index (χ4v) is 3.54. The van der Waals surface area contributed by atoms with Gasteiger partial charge >= 0.3 is 0 Å². The first kappa shape index (κ1) is 21.7. The molecule has 0 aliphatic carbocycles. The summed E-state index contributed by atoms with van der Waals surface area (Å²) in [5.41, 5.74) is 0.889. The van der Waals surface area contributed by atoms with Crippen LogP contribution in [0.5, 0.6) is 5.75 Å². The Balaban J connectivity index is 1.81. The third-order valence-corrected chi connectivity index (χ3v) is 5.25. The van der Waals surface area contributed by atoms with E-state index < -0.39 is 6.04 Å². The van der Waals surface area contributed by atoms with Crippen LogP contribution in [0.4, 0.5) is 0 Å². The molecule has 0 heterocycles. The summed E-state index contributed by atoms with van der Waals surface area (Å²) in [6.45, 7) is 2.02. The number of carbonyl (C=O) groups excluding carboxylic acids is 2. The number of hydrogen-bond acceptors (Lipinski definition) is 3. The number of carbonyl (C=O) groups is 2. The van der Waals surface area contributed by atoms with Crippen molar-refractivity contribution >= 4 is 34.2 Å². The fraction of sp³-hybridized carbons (Fsp3) is 0.250. The lowest BCUT2D eigenvalue weighted by Gasteiger charge is -2.30. The van der Waals surface area contributed by atoms with E-state index in [0.717, 1.165) is 16.3 Å². The van der Waals surface area contributed by atoms with Gasteiger partial charge in [0.1, 0.15) is 11.8 Å². The Hall–Kier alpha value is -3.05. The summed E-state index contributed by atoms with van der Waals surface area (Å²) in [6.07, 6.45) is 0.493. The van der Waals surface area contributed by atoms with Crippen molar-refractivity contribution in [3.8, 4) is 5.75 Å². The molecular weight excluding hydrogens is 400 g/mol. The highest BCUT2D eigenvalue weighted by atomic mass is 35.5. The quantitative estimate of drug-likeness (QED) is 0.582. The Kier molecular flexibility index (Phi) is 7.31. The van der Waals surface area contributed by atoms with E-state index in [0.29, 0.717) is 23.7 Å².